The van der Waals surface area contributed by atoms with E-state index >= 15 is 0 Å². The van der Waals surface area contributed by atoms with Crippen molar-refractivity contribution in [1.82, 2.24) is 0 Å². The highest BCUT2D eigenvalue weighted by Gasteiger charge is 2.76. The zero-order valence-corrected chi connectivity index (χ0v) is 18.8. The first kappa shape index (κ1) is 20.2. The Bertz CT molecular complexity index is 1350. The van der Waals surface area contributed by atoms with Crippen molar-refractivity contribution in [2.24, 2.45) is 0 Å². The van der Waals surface area contributed by atoms with Crippen LogP contribution in [0.2, 0.25) is 0 Å². The molecule has 1 spiro atoms. The van der Waals surface area contributed by atoms with E-state index in [4.69, 9.17) is 9.47 Å². The minimum absolute atomic E-state index is 0.0696. The highest BCUT2D eigenvalue weighted by Crippen LogP contribution is 2.76. The first-order chi connectivity index (χ1) is 17.2. The van der Waals surface area contributed by atoms with Crippen LogP contribution in [0.5, 0.6) is 0 Å². The third kappa shape index (κ3) is 2.62. The van der Waals surface area contributed by atoms with E-state index in [0.717, 1.165) is 11.1 Å². The Labute approximate surface area is 203 Å². The van der Waals surface area contributed by atoms with Gasteiger partial charge in [-0.3, -0.25) is 0 Å². The summed E-state index contributed by atoms with van der Waals surface area (Å²) in [5, 5.41) is 0. The van der Waals surface area contributed by atoms with Crippen molar-refractivity contribution < 1.29 is 19.1 Å². The Morgan fingerprint density at radius 3 is 1.31 bits per heavy atom. The Kier molecular flexibility index (Phi) is 4.28. The highest BCUT2D eigenvalue weighted by molar-refractivity contribution is 5.91. The van der Waals surface area contributed by atoms with Crippen molar-refractivity contribution in [2.45, 2.75) is 29.5 Å². The maximum absolute atomic E-state index is 13.2. The van der Waals surface area contributed by atoms with E-state index in [2.05, 4.69) is 36.4 Å². The zero-order chi connectivity index (χ0) is 23.6. The van der Waals surface area contributed by atoms with Gasteiger partial charge in [0, 0.05) is 17.3 Å². The van der Waals surface area contributed by atoms with Crippen LogP contribution in [0.25, 0.3) is 0 Å². The topological polar surface area (TPSA) is 52.6 Å². The molecule has 4 atom stereocenters. The van der Waals surface area contributed by atoms with E-state index in [0.29, 0.717) is 11.1 Å². The van der Waals surface area contributed by atoms with Crippen molar-refractivity contribution in [3.8, 4) is 0 Å². The van der Waals surface area contributed by atoms with E-state index in [-0.39, 0.29) is 17.3 Å². The van der Waals surface area contributed by atoms with Gasteiger partial charge in [0.1, 0.15) is 12.2 Å². The molecule has 0 N–H and O–H groups in total. The van der Waals surface area contributed by atoms with Gasteiger partial charge in [0.25, 0.3) is 0 Å². The second kappa shape index (κ2) is 7.41. The van der Waals surface area contributed by atoms with Crippen LogP contribution in [0.1, 0.15) is 54.8 Å². The number of carbonyl (C=O) groups excluding carboxylic acids is 2. The lowest BCUT2D eigenvalue weighted by atomic mass is 9.44. The van der Waals surface area contributed by atoms with Crippen LogP contribution in [-0.4, -0.2) is 24.1 Å². The number of rotatable bonds is 4. The van der Waals surface area contributed by atoms with Crippen molar-refractivity contribution in [3.05, 3.63) is 143 Å². The van der Waals surface area contributed by atoms with Crippen molar-refractivity contribution in [1.29, 1.82) is 0 Å². The minimum atomic E-state index is -0.595. The number of benzene rings is 4. The third-order valence-electron chi connectivity index (χ3n) is 7.95. The van der Waals surface area contributed by atoms with E-state index in [9.17, 15) is 9.59 Å². The second-order valence-corrected chi connectivity index (χ2v) is 9.47. The fourth-order valence-electron chi connectivity index (χ4n) is 6.69. The van der Waals surface area contributed by atoms with Gasteiger partial charge in [-0.2, -0.15) is 0 Å². The molecule has 1 fully saturated rings. The van der Waals surface area contributed by atoms with Gasteiger partial charge < -0.3 is 9.47 Å². The molecule has 0 amide bonds. The standard InChI is InChI=1S/C31H22O4/c32-29(19-11-3-1-4-12-19)34-27-25-21-15-7-9-17-23(21)31(25)24-18-10-8-16-22(24)26(31)28(27)35-30(33)20-13-5-2-6-14-20/h1-18,25-28H. The number of ether oxygens (including phenoxy) is 2. The predicted octanol–water partition coefficient (Wildman–Crippen LogP) is 5.63. The molecule has 4 nitrogen and oxygen atoms in total. The Morgan fingerprint density at radius 1 is 0.514 bits per heavy atom. The van der Waals surface area contributed by atoms with Gasteiger partial charge in [0.2, 0.25) is 0 Å². The summed E-state index contributed by atoms with van der Waals surface area (Å²) >= 11 is 0. The molecule has 0 radical (unpaired) electrons. The van der Waals surface area contributed by atoms with Gasteiger partial charge in [-0.15, -0.1) is 0 Å². The number of carbonyl (C=O) groups is 2. The fourth-order valence-corrected chi connectivity index (χ4v) is 6.69. The summed E-state index contributed by atoms with van der Waals surface area (Å²) < 4.78 is 12.5. The molecular formula is C31H22O4. The third-order valence-corrected chi connectivity index (χ3v) is 7.95. The predicted molar refractivity (Wildman–Crippen MR) is 130 cm³/mol. The van der Waals surface area contributed by atoms with Gasteiger partial charge in [0.15, 0.2) is 0 Å². The van der Waals surface area contributed by atoms with E-state index in [1.54, 1.807) is 24.3 Å². The molecule has 1 saturated carbocycles. The molecule has 35 heavy (non-hydrogen) atoms. The highest BCUT2D eigenvalue weighted by atomic mass is 16.6. The number of esters is 2. The molecule has 0 bridgehead atoms. The number of fused-ring (bicyclic) bond motifs is 4. The summed E-state index contributed by atoms with van der Waals surface area (Å²) in [7, 11) is 0. The summed E-state index contributed by atoms with van der Waals surface area (Å²) in [6.45, 7) is 0. The van der Waals surface area contributed by atoms with Gasteiger partial charge in [-0.25, -0.2) is 9.59 Å². The molecule has 170 valence electrons. The number of hydrogen-bond donors (Lipinski definition) is 0. The van der Waals surface area contributed by atoms with Crippen LogP contribution < -0.4 is 0 Å². The molecule has 4 unspecified atom stereocenters. The van der Waals surface area contributed by atoms with Crippen molar-refractivity contribution in [3.63, 3.8) is 0 Å². The summed E-state index contributed by atoms with van der Waals surface area (Å²) in [5.74, 6) is -0.942. The Hall–Kier alpha value is -4.18. The molecule has 0 aromatic heterocycles. The lowest BCUT2D eigenvalue weighted by molar-refractivity contribution is -0.0318. The Balaban J connectivity index is 1.34. The monoisotopic (exact) mass is 458 g/mol. The lowest BCUT2D eigenvalue weighted by Crippen LogP contribution is -2.53. The zero-order valence-electron chi connectivity index (χ0n) is 18.8. The van der Waals surface area contributed by atoms with Crippen LogP contribution in [0, 0.1) is 0 Å². The van der Waals surface area contributed by atoms with Crippen molar-refractivity contribution >= 4 is 11.9 Å². The average molecular weight is 459 g/mol. The smallest absolute Gasteiger partial charge is 0.338 e. The summed E-state index contributed by atoms with van der Waals surface area (Å²) in [6, 6.07) is 34.7. The molecular weight excluding hydrogens is 436 g/mol. The average Bonchev–Trinajstić information content (AvgIpc) is 3.09. The van der Waals surface area contributed by atoms with Gasteiger partial charge in [-0.05, 0) is 46.5 Å². The molecule has 0 aliphatic heterocycles. The molecule has 7 rings (SSSR count). The molecule has 4 heteroatoms. The van der Waals surface area contributed by atoms with Crippen LogP contribution in [-0.2, 0) is 14.9 Å². The largest absolute Gasteiger partial charge is 0.454 e. The van der Waals surface area contributed by atoms with Gasteiger partial charge in [-0.1, -0.05) is 84.9 Å². The summed E-state index contributed by atoms with van der Waals surface area (Å²) in [4.78, 5) is 26.5. The quantitative estimate of drug-likeness (QED) is 0.372. The van der Waals surface area contributed by atoms with Crippen LogP contribution >= 0.6 is 0 Å². The molecule has 3 aliphatic carbocycles. The Morgan fingerprint density at radius 2 is 0.886 bits per heavy atom. The van der Waals surface area contributed by atoms with Crippen molar-refractivity contribution in [2.75, 3.05) is 0 Å². The first-order valence-corrected chi connectivity index (χ1v) is 11.9. The SMILES string of the molecule is O=C(OC1C(OC(=O)c2ccccc2)C2c3ccccc3C23c2ccccc2C13)c1ccccc1. The summed E-state index contributed by atoms with van der Waals surface area (Å²) in [6.07, 6.45) is -1.19. The molecule has 4 aromatic rings. The van der Waals surface area contributed by atoms with Crippen LogP contribution in [0.3, 0.4) is 0 Å². The lowest BCUT2D eigenvalue weighted by Gasteiger charge is -2.58. The van der Waals surface area contributed by atoms with Crippen LogP contribution in [0.4, 0.5) is 0 Å². The van der Waals surface area contributed by atoms with E-state index in [1.165, 1.54) is 11.1 Å². The van der Waals surface area contributed by atoms with Gasteiger partial charge in [0.05, 0.1) is 11.1 Å². The second-order valence-electron chi connectivity index (χ2n) is 9.47. The normalized spacial score (nSPS) is 26.6. The first-order valence-electron chi connectivity index (χ1n) is 11.9. The number of hydrogen-bond acceptors (Lipinski definition) is 4. The van der Waals surface area contributed by atoms with E-state index < -0.39 is 24.1 Å². The van der Waals surface area contributed by atoms with Crippen LogP contribution in [0.15, 0.2) is 109 Å². The van der Waals surface area contributed by atoms with Gasteiger partial charge >= 0.3 is 11.9 Å². The van der Waals surface area contributed by atoms with E-state index in [1.807, 2.05) is 48.5 Å². The fraction of sp³-hybridized carbons (Fsp3) is 0.161. The maximum Gasteiger partial charge on any atom is 0.338 e. The molecule has 4 aromatic carbocycles. The minimum Gasteiger partial charge on any atom is -0.454 e. The molecule has 3 aliphatic rings. The summed E-state index contributed by atoms with van der Waals surface area (Å²) in [5.41, 5.74) is 5.47. The molecule has 0 heterocycles. The molecule has 0 saturated heterocycles. The maximum atomic E-state index is 13.2.